The Bertz CT molecular complexity index is 1050. The first kappa shape index (κ1) is 17.7. The molecule has 0 spiro atoms. The number of nitrogens with one attached hydrogen (secondary N) is 2. The van der Waals surface area contributed by atoms with Crippen LogP contribution in [-0.2, 0) is 6.54 Å². The monoisotopic (exact) mass is 415 g/mol. The summed E-state index contributed by atoms with van der Waals surface area (Å²) in [7, 11) is 0. The van der Waals surface area contributed by atoms with Gasteiger partial charge in [0, 0.05) is 18.1 Å². The van der Waals surface area contributed by atoms with Gasteiger partial charge in [-0.1, -0.05) is 18.2 Å². The third kappa shape index (κ3) is 3.47. The summed E-state index contributed by atoms with van der Waals surface area (Å²) in [5.74, 6) is -1.15. The molecule has 0 aliphatic heterocycles. The maximum absolute atomic E-state index is 12.5. The highest BCUT2D eigenvalue weighted by molar-refractivity contribution is 9.10. The molecule has 26 heavy (non-hydrogen) atoms. The molecular weight excluding hydrogens is 402 g/mol. The lowest BCUT2D eigenvalue weighted by atomic mass is 10.1. The smallest absolute Gasteiger partial charge is 0.267 e. The van der Waals surface area contributed by atoms with Crippen molar-refractivity contribution >= 4 is 38.5 Å². The van der Waals surface area contributed by atoms with E-state index in [0.29, 0.717) is 21.9 Å². The van der Waals surface area contributed by atoms with E-state index in [1.165, 1.54) is 10.9 Å². The van der Waals surface area contributed by atoms with Crippen molar-refractivity contribution in [2.24, 2.45) is 0 Å². The summed E-state index contributed by atoms with van der Waals surface area (Å²) in [5, 5.41) is 4.91. The zero-order valence-corrected chi connectivity index (χ0v) is 15.3. The van der Waals surface area contributed by atoms with Gasteiger partial charge in [-0.25, -0.2) is 9.67 Å². The normalized spacial score (nSPS) is 10.5. The molecule has 8 nitrogen and oxygen atoms in total. The SMILES string of the molecule is CCn1nc(C(=O)NNC(=O)c2ccc(Br)nc2)c2ccccc2c1=O. The largest absolute Gasteiger partial charge is 0.290 e. The molecule has 2 N–H and O–H groups in total. The van der Waals surface area contributed by atoms with Crippen LogP contribution in [0.1, 0.15) is 27.8 Å². The second kappa shape index (κ2) is 7.44. The van der Waals surface area contributed by atoms with E-state index in [0.717, 1.165) is 0 Å². The molecule has 1 aromatic carbocycles. The number of pyridine rings is 1. The van der Waals surface area contributed by atoms with Gasteiger partial charge in [-0.05, 0) is 41.1 Å². The molecule has 2 aromatic heterocycles. The van der Waals surface area contributed by atoms with Gasteiger partial charge in [-0.3, -0.25) is 25.2 Å². The molecule has 2 amide bonds. The fourth-order valence-electron chi connectivity index (χ4n) is 2.37. The minimum Gasteiger partial charge on any atom is -0.267 e. The van der Waals surface area contributed by atoms with E-state index in [1.54, 1.807) is 43.3 Å². The van der Waals surface area contributed by atoms with Crippen molar-refractivity contribution in [3.8, 4) is 0 Å². The number of amides is 2. The number of hydrogen-bond acceptors (Lipinski definition) is 5. The van der Waals surface area contributed by atoms with Crippen LogP contribution in [0.4, 0.5) is 0 Å². The van der Waals surface area contributed by atoms with Crippen molar-refractivity contribution in [1.29, 1.82) is 0 Å². The molecule has 0 atom stereocenters. The van der Waals surface area contributed by atoms with E-state index in [2.05, 4.69) is 36.9 Å². The van der Waals surface area contributed by atoms with E-state index in [4.69, 9.17) is 0 Å². The Kier molecular flexibility index (Phi) is 5.08. The Morgan fingerprint density at radius 1 is 1.08 bits per heavy atom. The van der Waals surface area contributed by atoms with Crippen LogP contribution in [0.5, 0.6) is 0 Å². The summed E-state index contributed by atoms with van der Waals surface area (Å²) in [4.78, 5) is 40.8. The molecule has 0 bridgehead atoms. The standard InChI is InChI=1S/C17H14BrN5O3/c1-2-23-17(26)12-6-4-3-5-11(12)14(22-23)16(25)21-20-15(24)10-7-8-13(18)19-9-10/h3-9H,2H2,1H3,(H,20,24)(H,21,25). The molecule has 2 heterocycles. The van der Waals surface area contributed by atoms with Gasteiger partial charge in [-0.2, -0.15) is 5.10 Å². The second-order valence-corrected chi connectivity index (χ2v) is 6.11. The Labute approximate surface area is 156 Å². The number of hydrogen-bond donors (Lipinski definition) is 2. The van der Waals surface area contributed by atoms with Crippen LogP contribution in [-0.4, -0.2) is 26.6 Å². The van der Waals surface area contributed by atoms with Gasteiger partial charge >= 0.3 is 0 Å². The van der Waals surface area contributed by atoms with Gasteiger partial charge in [-0.15, -0.1) is 0 Å². The van der Waals surface area contributed by atoms with Crippen molar-refractivity contribution in [3.63, 3.8) is 0 Å². The third-order valence-electron chi connectivity index (χ3n) is 3.66. The van der Waals surface area contributed by atoms with Gasteiger partial charge in [0.05, 0.1) is 10.9 Å². The lowest BCUT2D eigenvalue weighted by Gasteiger charge is -2.11. The number of carbonyl (C=O) groups excluding carboxylic acids is 2. The second-order valence-electron chi connectivity index (χ2n) is 5.29. The first-order chi connectivity index (χ1) is 12.5. The molecule has 3 rings (SSSR count). The third-order valence-corrected chi connectivity index (χ3v) is 4.13. The maximum atomic E-state index is 12.5. The van der Waals surface area contributed by atoms with Crippen LogP contribution in [0.25, 0.3) is 10.8 Å². The van der Waals surface area contributed by atoms with Crippen LogP contribution < -0.4 is 16.4 Å². The number of carbonyl (C=O) groups is 2. The number of fused-ring (bicyclic) bond motifs is 1. The molecule has 0 saturated heterocycles. The highest BCUT2D eigenvalue weighted by Gasteiger charge is 2.17. The molecule has 0 aliphatic rings. The summed E-state index contributed by atoms with van der Waals surface area (Å²) in [6, 6.07) is 9.87. The average Bonchev–Trinajstić information content (AvgIpc) is 2.67. The minimum atomic E-state index is -0.623. The molecule has 3 aromatic rings. The predicted octanol–water partition coefficient (Wildman–Crippen LogP) is 1.65. The number of rotatable bonds is 3. The molecule has 0 saturated carbocycles. The summed E-state index contributed by atoms with van der Waals surface area (Å²) < 4.78 is 1.80. The van der Waals surface area contributed by atoms with Gasteiger partial charge in [0.1, 0.15) is 4.60 Å². The predicted molar refractivity (Wildman–Crippen MR) is 98.5 cm³/mol. The maximum Gasteiger partial charge on any atom is 0.290 e. The minimum absolute atomic E-state index is 0.0521. The molecule has 0 aliphatic carbocycles. The van der Waals surface area contributed by atoms with E-state index >= 15 is 0 Å². The fraction of sp³-hybridized carbons (Fsp3) is 0.118. The summed E-state index contributed by atoms with van der Waals surface area (Å²) in [6.07, 6.45) is 1.37. The number of aromatic nitrogens is 3. The van der Waals surface area contributed by atoms with Gasteiger partial charge in [0.25, 0.3) is 17.4 Å². The highest BCUT2D eigenvalue weighted by Crippen LogP contribution is 2.13. The van der Waals surface area contributed by atoms with Crippen LogP contribution in [0.15, 0.2) is 52.0 Å². The summed E-state index contributed by atoms with van der Waals surface area (Å²) in [6.45, 7) is 2.08. The highest BCUT2D eigenvalue weighted by atomic mass is 79.9. The Morgan fingerprint density at radius 3 is 2.42 bits per heavy atom. The van der Waals surface area contributed by atoms with E-state index < -0.39 is 11.8 Å². The van der Waals surface area contributed by atoms with Crippen molar-refractivity contribution < 1.29 is 9.59 Å². The number of halogens is 1. The zero-order chi connectivity index (χ0) is 18.7. The van der Waals surface area contributed by atoms with Crippen molar-refractivity contribution in [3.05, 3.63) is 68.8 Å². The van der Waals surface area contributed by atoms with E-state index in [9.17, 15) is 14.4 Å². The van der Waals surface area contributed by atoms with Crippen LogP contribution in [0, 0.1) is 0 Å². The number of nitrogens with zero attached hydrogens (tertiary/aromatic N) is 3. The number of hydrazine groups is 1. The number of benzene rings is 1. The van der Waals surface area contributed by atoms with Gasteiger partial charge in [0.2, 0.25) is 0 Å². The fourth-order valence-corrected chi connectivity index (χ4v) is 2.61. The molecule has 9 heteroatoms. The van der Waals surface area contributed by atoms with Crippen LogP contribution in [0.2, 0.25) is 0 Å². The average molecular weight is 416 g/mol. The lowest BCUT2D eigenvalue weighted by molar-refractivity contribution is 0.0843. The van der Waals surface area contributed by atoms with Crippen molar-refractivity contribution in [2.75, 3.05) is 0 Å². The summed E-state index contributed by atoms with van der Waals surface area (Å²) >= 11 is 3.18. The quantitative estimate of drug-likeness (QED) is 0.499. The van der Waals surface area contributed by atoms with E-state index in [-0.39, 0.29) is 16.8 Å². The molecule has 132 valence electrons. The topological polar surface area (TPSA) is 106 Å². The van der Waals surface area contributed by atoms with Crippen LogP contribution >= 0.6 is 15.9 Å². The van der Waals surface area contributed by atoms with Gasteiger partial charge in [0.15, 0.2) is 5.69 Å². The van der Waals surface area contributed by atoms with Gasteiger partial charge < -0.3 is 0 Å². The summed E-state index contributed by atoms with van der Waals surface area (Å²) in [5.41, 5.74) is 4.69. The molecule has 0 fully saturated rings. The number of aryl methyl sites for hydroxylation is 1. The molecular formula is C17H14BrN5O3. The molecule has 0 radical (unpaired) electrons. The van der Waals surface area contributed by atoms with Crippen LogP contribution in [0.3, 0.4) is 0 Å². The van der Waals surface area contributed by atoms with Crippen molar-refractivity contribution in [2.45, 2.75) is 13.5 Å². The Balaban J connectivity index is 1.86. The van der Waals surface area contributed by atoms with E-state index in [1.807, 2.05) is 0 Å². The Morgan fingerprint density at radius 2 is 1.77 bits per heavy atom. The zero-order valence-electron chi connectivity index (χ0n) is 13.7. The Hall–Kier alpha value is -3.07. The first-order valence-corrected chi connectivity index (χ1v) is 8.52. The molecule has 0 unspecified atom stereocenters. The first-order valence-electron chi connectivity index (χ1n) is 7.73. The van der Waals surface area contributed by atoms with Crippen molar-refractivity contribution in [1.82, 2.24) is 25.6 Å². The lowest BCUT2D eigenvalue weighted by Crippen LogP contribution is -2.42.